The van der Waals surface area contributed by atoms with Gasteiger partial charge < -0.3 is 14.2 Å². The zero-order valence-corrected chi connectivity index (χ0v) is 17.6. The molecule has 0 N–H and O–H groups in total. The summed E-state index contributed by atoms with van der Waals surface area (Å²) in [4.78, 5) is 28.0. The normalized spacial score (nSPS) is 17.5. The Hall–Kier alpha value is -3.98. The molecule has 1 fully saturated rings. The van der Waals surface area contributed by atoms with Crippen LogP contribution in [-0.4, -0.2) is 43.6 Å². The van der Waals surface area contributed by atoms with Crippen LogP contribution in [0.2, 0.25) is 0 Å². The standard InChI is InChI=1S/C24H19N5O4/c30-24-20-21-23(27-17-6-2-1-5-16(17)26-21)29(14-7-8-18-19(10-14)33-13-32-18)22(20)25-12-28(24)11-15-4-3-9-31-15/h1-2,5-8,10,12,15H,3-4,9,11,13H2. The van der Waals surface area contributed by atoms with E-state index in [1.165, 1.54) is 0 Å². The predicted molar refractivity (Wildman–Crippen MR) is 121 cm³/mol. The summed E-state index contributed by atoms with van der Waals surface area (Å²) in [5, 5.41) is 0.446. The van der Waals surface area contributed by atoms with E-state index in [0.29, 0.717) is 40.2 Å². The molecule has 1 unspecified atom stereocenters. The van der Waals surface area contributed by atoms with Gasteiger partial charge in [0.2, 0.25) is 6.79 Å². The summed E-state index contributed by atoms with van der Waals surface area (Å²) < 4.78 is 20.3. The molecule has 1 atom stereocenters. The van der Waals surface area contributed by atoms with Crippen LogP contribution in [0.5, 0.6) is 11.5 Å². The molecule has 3 aromatic heterocycles. The molecule has 9 nitrogen and oxygen atoms in total. The van der Waals surface area contributed by atoms with Crippen molar-refractivity contribution in [2.45, 2.75) is 25.5 Å². The third-order valence-electron chi connectivity index (χ3n) is 6.27. The first-order valence-corrected chi connectivity index (χ1v) is 10.9. The molecule has 0 radical (unpaired) electrons. The van der Waals surface area contributed by atoms with Crippen molar-refractivity contribution in [2.24, 2.45) is 0 Å². The van der Waals surface area contributed by atoms with Gasteiger partial charge in [-0.05, 0) is 37.1 Å². The van der Waals surface area contributed by atoms with E-state index in [4.69, 9.17) is 29.2 Å². The second-order valence-electron chi connectivity index (χ2n) is 8.29. The number of aromatic nitrogens is 5. The van der Waals surface area contributed by atoms with E-state index in [1.54, 1.807) is 10.9 Å². The summed E-state index contributed by atoms with van der Waals surface area (Å²) in [7, 11) is 0. The molecule has 2 aliphatic heterocycles. The van der Waals surface area contributed by atoms with E-state index < -0.39 is 0 Å². The molecule has 9 heteroatoms. The van der Waals surface area contributed by atoms with Gasteiger partial charge in [-0.2, -0.15) is 0 Å². The zero-order chi connectivity index (χ0) is 21.9. The SMILES string of the molecule is O=c1c2c3nc4ccccc4nc3n(-c3ccc4c(c3)OCO4)c2ncn1CC1CCCO1. The Bertz CT molecular complexity index is 1620. The monoisotopic (exact) mass is 441 g/mol. The number of fused-ring (bicyclic) bond motifs is 5. The van der Waals surface area contributed by atoms with Gasteiger partial charge in [-0.3, -0.25) is 13.9 Å². The molecule has 1 saturated heterocycles. The lowest BCUT2D eigenvalue weighted by Crippen LogP contribution is -2.26. The highest BCUT2D eigenvalue weighted by molar-refractivity contribution is 6.05. The van der Waals surface area contributed by atoms with E-state index >= 15 is 0 Å². The van der Waals surface area contributed by atoms with Crippen LogP contribution in [0.25, 0.3) is 38.9 Å². The minimum atomic E-state index is -0.149. The van der Waals surface area contributed by atoms with Gasteiger partial charge in [-0.25, -0.2) is 15.0 Å². The largest absolute Gasteiger partial charge is 0.454 e. The van der Waals surface area contributed by atoms with Crippen LogP contribution in [0.3, 0.4) is 0 Å². The minimum Gasteiger partial charge on any atom is -0.454 e. The van der Waals surface area contributed by atoms with Crippen LogP contribution >= 0.6 is 0 Å². The Labute approximate surface area is 187 Å². The van der Waals surface area contributed by atoms with E-state index in [0.717, 1.165) is 36.2 Å². The smallest absolute Gasteiger partial charge is 0.265 e. The molecule has 33 heavy (non-hydrogen) atoms. The molecule has 0 amide bonds. The first kappa shape index (κ1) is 18.6. The highest BCUT2D eigenvalue weighted by atomic mass is 16.7. The summed E-state index contributed by atoms with van der Waals surface area (Å²) in [6.45, 7) is 1.39. The maximum atomic E-state index is 13.6. The highest BCUT2D eigenvalue weighted by Gasteiger charge is 2.24. The third-order valence-corrected chi connectivity index (χ3v) is 6.27. The van der Waals surface area contributed by atoms with Crippen molar-refractivity contribution in [2.75, 3.05) is 13.4 Å². The van der Waals surface area contributed by atoms with Crippen LogP contribution < -0.4 is 15.0 Å². The number of nitrogens with zero attached hydrogens (tertiary/aromatic N) is 5. The fourth-order valence-corrected chi connectivity index (χ4v) is 4.68. The molecule has 0 saturated carbocycles. The van der Waals surface area contributed by atoms with Crippen molar-refractivity contribution in [1.82, 2.24) is 24.1 Å². The van der Waals surface area contributed by atoms with Crippen molar-refractivity contribution in [3.05, 3.63) is 59.1 Å². The van der Waals surface area contributed by atoms with E-state index in [-0.39, 0.29) is 18.5 Å². The average molecular weight is 441 g/mol. The number of hydrogen-bond donors (Lipinski definition) is 0. The molecular formula is C24H19N5O4. The Morgan fingerprint density at radius 2 is 1.85 bits per heavy atom. The van der Waals surface area contributed by atoms with Gasteiger partial charge in [0.05, 0.1) is 29.4 Å². The lowest BCUT2D eigenvalue weighted by molar-refractivity contribution is 0.0960. The number of rotatable bonds is 3. The van der Waals surface area contributed by atoms with Gasteiger partial charge in [-0.1, -0.05) is 12.1 Å². The second kappa shape index (κ2) is 7.01. The number of benzene rings is 2. The summed E-state index contributed by atoms with van der Waals surface area (Å²) in [5.74, 6) is 1.32. The van der Waals surface area contributed by atoms with Gasteiger partial charge in [0, 0.05) is 12.7 Å². The maximum absolute atomic E-state index is 13.6. The highest BCUT2D eigenvalue weighted by Crippen LogP contribution is 2.36. The summed E-state index contributed by atoms with van der Waals surface area (Å²) in [6.07, 6.45) is 3.56. The van der Waals surface area contributed by atoms with Crippen molar-refractivity contribution in [3.63, 3.8) is 0 Å². The Kier molecular flexibility index (Phi) is 3.95. The molecule has 7 rings (SSSR count). The average Bonchev–Trinajstić information content (AvgIpc) is 3.58. The molecule has 2 aliphatic rings. The minimum absolute atomic E-state index is 0.0241. The molecule has 0 spiro atoms. The van der Waals surface area contributed by atoms with E-state index in [9.17, 15) is 4.79 Å². The lowest BCUT2D eigenvalue weighted by Gasteiger charge is -2.11. The second-order valence-corrected chi connectivity index (χ2v) is 8.29. The molecule has 5 heterocycles. The molecule has 0 bridgehead atoms. The number of hydrogen-bond acceptors (Lipinski definition) is 7. The molecule has 0 aliphatic carbocycles. The third kappa shape index (κ3) is 2.82. The fourth-order valence-electron chi connectivity index (χ4n) is 4.68. The van der Waals surface area contributed by atoms with Crippen molar-refractivity contribution < 1.29 is 14.2 Å². The van der Waals surface area contributed by atoms with Gasteiger partial charge >= 0.3 is 0 Å². The summed E-state index contributed by atoms with van der Waals surface area (Å²) in [6, 6.07) is 13.3. The number of ether oxygens (including phenoxy) is 3. The van der Waals surface area contributed by atoms with E-state index in [2.05, 4.69) is 0 Å². The number of para-hydroxylation sites is 2. The Morgan fingerprint density at radius 3 is 2.70 bits per heavy atom. The lowest BCUT2D eigenvalue weighted by atomic mass is 10.2. The summed E-state index contributed by atoms with van der Waals surface area (Å²) in [5.41, 5.74) is 3.70. The molecule has 164 valence electrons. The summed E-state index contributed by atoms with van der Waals surface area (Å²) >= 11 is 0. The van der Waals surface area contributed by atoms with E-state index in [1.807, 2.05) is 47.0 Å². The fraction of sp³-hybridized carbons (Fsp3) is 0.250. The first-order chi connectivity index (χ1) is 16.3. The van der Waals surface area contributed by atoms with Gasteiger partial charge in [0.1, 0.15) is 17.2 Å². The maximum Gasteiger partial charge on any atom is 0.265 e. The van der Waals surface area contributed by atoms with Crippen LogP contribution in [0.15, 0.2) is 53.6 Å². The quantitative estimate of drug-likeness (QED) is 0.424. The topological polar surface area (TPSA) is 93.3 Å². The van der Waals surface area contributed by atoms with Crippen molar-refractivity contribution >= 4 is 33.2 Å². The van der Waals surface area contributed by atoms with Gasteiger partial charge in [-0.15, -0.1) is 0 Å². The van der Waals surface area contributed by atoms with Crippen molar-refractivity contribution in [1.29, 1.82) is 0 Å². The zero-order valence-electron chi connectivity index (χ0n) is 17.6. The van der Waals surface area contributed by atoms with Crippen LogP contribution in [-0.2, 0) is 11.3 Å². The first-order valence-electron chi connectivity index (χ1n) is 10.9. The molecule has 5 aromatic rings. The molecular weight excluding hydrogens is 422 g/mol. The Balaban J connectivity index is 1.54. The molecule has 2 aromatic carbocycles. The predicted octanol–water partition coefficient (Wildman–Crippen LogP) is 3.19. The van der Waals surface area contributed by atoms with Gasteiger partial charge in [0.25, 0.3) is 5.56 Å². The van der Waals surface area contributed by atoms with Crippen molar-refractivity contribution in [3.8, 4) is 17.2 Å². The van der Waals surface area contributed by atoms with Crippen LogP contribution in [0.4, 0.5) is 0 Å². The Morgan fingerprint density at radius 1 is 1.00 bits per heavy atom. The van der Waals surface area contributed by atoms with Gasteiger partial charge in [0.15, 0.2) is 22.8 Å². The van der Waals surface area contributed by atoms with Crippen LogP contribution in [0.1, 0.15) is 12.8 Å². The van der Waals surface area contributed by atoms with Crippen LogP contribution in [0, 0.1) is 0 Å².